The second-order valence-electron chi connectivity index (χ2n) is 6.79. The van der Waals surface area contributed by atoms with Gasteiger partial charge in [-0.3, -0.25) is 4.79 Å². The summed E-state index contributed by atoms with van der Waals surface area (Å²) in [6, 6.07) is 10.5. The second-order valence-corrected chi connectivity index (χ2v) is 6.79. The van der Waals surface area contributed by atoms with Crippen LogP contribution in [0.2, 0.25) is 0 Å². The molecule has 0 aliphatic carbocycles. The monoisotopic (exact) mass is 394 g/mol. The van der Waals surface area contributed by atoms with E-state index in [0.717, 1.165) is 24.3 Å². The molecule has 0 saturated carbocycles. The van der Waals surface area contributed by atoms with Gasteiger partial charge < -0.3 is 19.4 Å². The van der Waals surface area contributed by atoms with E-state index in [1.54, 1.807) is 34.9 Å². The maximum absolute atomic E-state index is 12.5. The molecule has 0 fully saturated rings. The average Bonchev–Trinajstić information content (AvgIpc) is 3.15. The number of nitrogens with one attached hydrogen (secondary N) is 1. The zero-order chi connectivity index (χ0) is 20.8. The zero-order valence-corrected chi connectivity index (χ0v) is 17.0. The van der Waals surface area contributed by atoms with Crippen molar-refractivity contribution in [2.75, 3.05) is 31.6 Å². The number of pyridine rings is 1. The predicted molar refractivity (Wildman–Crippen MR) is 112 cm³/mol. The van der Waals surface area contributed by atoms with Crippen molar-refractivity contribution in [3.05, 3.63) is 65.6 Å². The minimum absolute atomic E-state index is 0.305. The summed E-state index contributed by atoms with van der Waals surface area (Å²) >= 11 is 0. The minimum atomic E-state index is -0.370. The standard InChI is InChI=1S/C22H26N4O3/c1-4-25(5-2)12-13-29-22(28)17-6-8-18(9-7-17)23-21(27)19-15-26-11-10-16(3)14-20(26)24-19/h6-11,14-15H,4-5,12-13H2,1-3H3,(H,23,27). The van der Waals surface area contributed by atoms with E-state index in [0.29, 0.717) is 30.1 Å². The summed E-state index contributed by atoms with van der Waals surface area (Å²) in [5, 5.41) is 2.80. The number of likely N-dealkylation sites (N-methyl/N-ethyl adjacent to an activating group) is 1. The van der Waals surface area contributed by atoms with E-state index in [9.17, 15) is 9.59 Å². The van der Waals surface area contributed by atoms with Crippen LogP contribution in [0.15, 0.2) is 48.8 Å². The molecule has 29 heavy (non-hydrogen) atoms. The third kappa shape index (κ3) is 5.20. The Morgan fingerprint density at radius 3 is 2.55 bits per heavy atom. The van der Waals surface area contributed by atoms with Gasteiger partial charge in [0.25, 0.3) is 5.91 Å². The normalized spacial score (nSPS) is 11.0. The number of hydrogen-bond donors (Lipinski definition) is 1. The average molecular weight is 394 g/mol. The predicted octanol–water partition coefficient (Wildman–Crippen LogP) is 3.39. The van der Waals surface area contributed by atoms with Gasteiger partial charge in [0.05, 0.1) is 5.56 Å². The number of aryl methyl sites for hydroxylation is 1. The third-order valence-electron chi connectivity index (χ3n) is 4.76. The van der Waals surface area contributed by atoms with Crippen LogP contribution in [0.1, 0.15) is 40.3 Å². The molecule has 3 rings (SSSR count). The van der Waals surface area contributed by atoms with Crippen molar-refractivity contribution in [1.82, 2.24) is 14.3 Å². The zero-order valence-electron chi connectivity index (χ0n) is 17.0. The number of carbonyl (C=O) groups excluding carboxylic acids is 2. The second kappa shape index (κ2) is 9.34. The quantitative estimate of drug-likeness (QED) is 0.593. The molecule has 0 saturated heterocycles. The lowest BCUT2D eigenvalue weighted by molar-refractivity contribution is 0.0466. The first kappa shape index (κ1) is 20.5. The van der Waals surface area contributed by atoms with E-state index in [1.165, 1.54) is 0 Å². The van der Waals surface area contributed by atoms with Crippen LogP contribution >= 0.6 is 0 Å². The van der Waals surface area contributed by atoms with Crippen LogP contribution in [0.3, 0.4) is 0 Å². The maximum Gasteiger partial charge on any atom is 0.338 e. The van der Waals surface area contributed by atoms with Crippen LogP contribution in [0, 0.1) is 6.92 Å². The smallest absolute Gasteiger partial charge is 0.338 e. The number of carbonyl (C=O) groups is 2. The molecular weight excluding hydrogens is 368 g/mol. The minimum Gasteiger partial charge on any atom is -0.461 e. The fraction of sp³-hybridized carbons (Fsp3) is 0.318. The highest BCUT2D eigenvalue weighted by atomic mass is 16.5. The van der Waals surface area contributed by atoms with Gasteiger partial charge in [0.15, 0.2) is 0 Å². The van der Waals surface area contributed by atoms with E-state index in [-0.39, 0.29) is 11.9 Å². The molecule has 1 aromatic carbocycles. The van der Waals surface area contributed by atoms with Crippen LogP contribution in [-0.4, -0.2) is 52.4 Å². The highest BCUT2D eigenvalue weighted by Gasteiger charge is 2.12. The summed E-state index contributed by atoms with van der Waals surface area (Å²) in [6.45, 7) is 9.04. The Kier molecular flexibility index (Phi) is 6.61. The molecule has 0 bridgehead atoms. The number of nitrogens with zero attached hydrogens (tertiary/aromatic N) is 3. The van der Waals surface area contributed by atoms with Crippen LogP contribution in [0.25, 0.3) is 5.65 Å². The van der Waals surface area contributed by atoms with Gasteiger partial charge in [-0.25, -0.2) is 9.78 Å². The SMILES string of the molecule is CCN(CC)CCOC(=O)c1ccc(NC(=O)c2cn3ccc(C)cc3n2)cc1. The molecule has 7 nitrogen and oxygen atoms in total. The number of hydrogen-bond acceptors (Lipinski definition) is 5. The Bertz CT molecular complexity index is 991. The fourth-order valence-corrected chi connectivity index (χ4v) is 2.97. The Labute approximate surface area is 170 Å². The fourth-order valence-electron chi connectivity index (χ4n) is 2.97. The highest BCUT2D eigenvalue weighted by Crippen LogP contribution is 2.13. The first-order valence-corrected chi connectivity index (χ1v) is 9.76. The molecule has 152 valence electrons. The third-order valence-corrected chi connectivity index (χ3v) is 4.76. The largest absolute Gasteiger partial charge is 0.461 e. The summed E-state index contributed by atoms with van der Waals surface area (Å²) in [5.41, 5.74) is 3.16. The first-order valence-electron chi connectivity index (χ1n) is 9.76. The van der Waals surface area contributed by atoms with Crippen molar-refractivity contribution in [3.63, 3.8) is 0 Å². The van der Waals surface area contributed by atoms with Gasteiger partial charge in [0, 0.05) is 24.6 Å². The molecule has 2 aromatic heterocycles. The number of anilines is 1. The summed E-state index contributed by atoms with van der Waals surface area (Å²) in [5.74, 6) is -0.674. The van der Waals surface area contributed by atoms with E-state index in [2.05, 4.69) is 29.0 Å². The topological polar surface area (TPSA) is 75.9 Å². The van der Waals surface area contributed by atoms with Crippen molar-refractivity contribution in [2.45, 2.75) is 20.8 Å². The Hall–Kier alpha value is -3.19. The number of rotatable bonds is 8. The molecule has 0 spiro atoms. The van der Waals surface area contributed by atoms with Crippen LogP contribution in [-0.2, 0) is 4.74 Å². The van der Waals surface area contributed by atoms with Gasteiger partial charge in [0.1, 0.15) is 17.9 Å². The van der Waals surface area contributed by atoms with Crippen molar-refractivity contribution >= 4 is 23.2 Å². The Balaban J connectivity index is 1.57. The molecule has 0 radical (unpaired) electrons. The molecule has 1 amide bonds. The van der Waals surface area contributed by atoms with Crippen LogP contribution < -0.4 is 5.32 Å². The molecule has 0 aliphatic heterocycles. The summed E-state index contributed by atoms with van der Waals surface area (Å²) in [6.07, 6.45) is 3.56. The van der Waals surface area contributed by atoms with Crippen LogP contribution in [0.4, 0.5) is 5.69 Å². The maximum atomic E-state index is 12.5. The lowest BCUT2D eigenvalue weighted by Gasteiger charge is -2.17. The highest BCUT2D eigenvalue weighted by molar-refractivity contribution is 6.03. The number of benzene rings is 1. The van der Waals surface area contributed by atoms with Crippen molar-refractivity contribution < 1.29 is 14.3 Å². The van der Waals surface area contributed by atoms with Crippen molar-refractivity contribution in [1.29, 1.82) is 0 Å². The lowest BCUT2D eigenvalue weighted by Crippen LogP contribution is -2.27. The molecule has 0 unspecified atom stereocenters. The number of esters is 1. The number of fused-ring (bicyclic) bond motifs is 1. The molecule has 1 N–H and O–H groups in total. The van der Waals surface area contributed by atoms with Gasteiger partial charge in [-0.1, -0.05) is 13.8 Å². The van der Waals surface area contributed by atoms with E-state index >= 15 is 0 Å². The van der Waals surface area contributed by atoms with E-state index in [4.69, 9.17) is 4.74 Å². The van der Waals surface area contributed by atoms with Gasteiger partial charge >= 0.3 is 5.97 Å². The Morgan fingerprint density at radius 1 is 1.14 bits per heavy atom. The molecule has 7 heteroatoms. The van der Waals surface area contributed by atoms with Crippen molar-refractivity contribution in [2.24, 2.45) is 0 Å². The number of amides is 1. The summed E-state index contributed by atoms with van der Waals surface area (Å²) in [7, 11) is 0. The number of ether oxygens (including phenoxy) is 1. The molecule has 0 atom stereocenters. The number of aromatic nitrogens is 2. The Morgan fingerprint density at radius 2 is 1.86 bits per heavy atom. The van der Waals surface area contributed by atoms with Gasteiger partial charge in [-0.05, 0) is 62.0 Å². The molecule has 2 heterocycles. The first-order chi connectivity index (χ1) is 14.0. The molecule has 0 aliphatic rings. The number of imidazole rings is 1. The summed E-state index contributed by atoms with van der Waals surface area (Å²) < 4.78 is 7.12. The van der Waals surface area contributed by atoms with Gasteiger partial charge in [0.2, 0.25) is 0 Å². The van der Waals surface area contributed by atoms with Crippen molar-refractivity contribution in [3.8, 4) is 0 Å². The molecule has 3 aromatic rings. The van der Waals surface area contributed by atoms with E-state index < -0.39 is 0 Å². The summed E-state index contributed by atoms with van der Waals surface area (Å²) in [4.78, 5) is 31.1. The molecular formula is C22H26N4O3. The van der Waals surface area contributed by atoms with Gasteiger partial charge in [-0.2, -0.15) is 0 Å². The lowest BCUT2D eigenvalue weighted by atomic mass is 10.2. The van der Waals surface area contributed by atoms with E-state index in [1.807, 2.05) is 25.3 Å². The van der Waals surface area contributed by atoms with Gasteiger partial charge in [-0.15, -0.1) is 0 Å². The van der Waals surface area contributed by atoms with Crippen LogP contribution in [0.5, 0.6) is 0 Å².